The quantitative estimate of drug-likeness (QED) is 0.666. The predicted octanol–water partition coefficient (Wildman–Crippen LogP) is 2.37. The lowest BCUT2D eigenvalue weighted by atomic mass is 10.1. The van der Waals surface area contributed by atoms with Crippen LogP contribution in [0.5, 0.6) is 0 Å². The number of pyridine rings is 1. The number of sulfonamides is 1. The number of para-hydroxylation sites is 2. The number of imidazole rings is 1. The SMILES string of the molecule is CN(C1CN(c2cc(-c3nc4ccccc4n3C)c(Cl)cn2)C1)S(C)(=O)=O. The van der Waals surface area contributed by atoms with Crippen LogP contribution in [0.2, 0.25) is 5.02 Å². The first-order chi connectivity index (χ1) is 12.8. The third kappa shape index (κ3) is 3.18. The van der Waals surface area contributed by atoms with Crippen molar-refractivity contribution in [2.45, 2.75) is 6.04 Å². The number of anilines is 1. The second-order valence-corrected chi connectivity index (χ2v) is 9.29. The molecular formula is C18H20ClN5O2S. The van der Waals surface area contributed by atoms with Crippen molar-refractivity contribution in [3.63, 3.8) is 0 Å². The fourth-order valence-corrected chi connectivity index (χ4v) is 4.16. The highest BCUT2D eigenvalue weighted by molar-refractivity contribution is 7.88. The number of likely N-dealkylation sites (N-methyl/N-ethyl adjacent to an activating group) is 1. The summed E-state index contributed by atoms with van der Waals surface area (Å²) in [7, 11) is 0.374. The third-order valence-corrected chi connectivity index (χ3v) is 6.74. The Bertz CT molecular complexity index is 1120. The van der Waals surface area contributed by atoms with E-state index in [4.69, 9.17) is 16.6 Å². The second kappa shape index (κ2) is 6.47. The average molecular weight is 406 g/mol. The maximum absolute atomic E-state index is 11.7. The molecule has 2 aromatic heterocycles. The fraction of sp³-hybridized carbons (Fsp3) is 0.333. The normalized spacial score (nSPS) is 15.5. The lowest BCUT2D eigenvalue weighted by Gasteiger charge is -2.43. The molecule has 0 spiro atoms. The van der Waals surface area contributed by atoms with Gasteiger partial charge in [-0.05, 0) is 18.2 Å². The highest BCUT2D eigenvalue weighted by atomic mass is 35.5. The Hall–Kier alpha value is -2.16. The van der Waals surface area contributed by atoms with Crippen LogP contribution in [0.3, 0.4) is 0 Å². The van der Waals surface area contributed by atoms with Gasteiger partial charge in [0.15, 0.2) is 0 Å². The molecule has 1 saturated heterocycles. The highest BCUT2D eigenvalue weighted by Gasteiger charge is 2.35. The Balaban J connectivity index is 1.64. The van der Waals surface area contributed by atoms with E-state index < -0.39 is 10.0 Å². The Morgan fingerprint density at radius 3 is 2.63 bits per heavy atom. The van der Waals surface area contributed by atoms with Gasteiger partial charge in [0.25, 0.3) is 0 Å². The number of nitrogens with zero attached hydrogens (tertiary/aromatic N) is 5. The van der Waals surface area contributed by atoms with Gasteiger partial charge in [-0.2, -0.15) is 4.31 Å². The van der Waals surface area contributed by atoms with E-state index >= 15 is 0 Å². The van der Waals surface area contributed by atoms with Gasteiger partial charge in [-0.1, -0.05) is 23.7 Å². The van der Waals surface area contributed by atoms with Crippen molar-refractivity contribution in [2.24, 2.45) is 7.05 Å². The summed E-state index contributed by atoms with van der Waals surface area (Å²) in [5.41, 5.74) is 2.74. The minimum Gasteiger partial charge on any atom is -0.353 e. The smallest absolute Gasteiger partial charge is 0.211 e. The summed E-state index contributed by atoms with van der Waals surface area (Å²) in [6.45, 7) is 1.19. The number of benzene rings is 1. The summed E-state index contributed by atoms with van der Waals surface area (Å²) in [5, 5.41) is 0.530. The molecule has 4 rings (SSSR count). The summed E-state index contributed by atoms with van der Waals surface area (Å²) in [5.74, 6) is 1.54. The van der Waals surface area contributed by atoms with E-state index in [-0.39, 0.29) is 6.04 Å². The highest BCUT2D eigenvalue weighted by Crippen LogP contribution is 2.33. The molecule has 142 valence electrons. The van der Waals surface area contributed by atoms with Crippen molar-refractivity contribution in [1.29, 1.82) is 0 Å². The van der Waals surface area contributed by atoms with Crippen LogP contribution in [-0.4, -0.2) is 59.7 Å². The van der Waals surface area contributed by atoms with E-state index in [1.165, 1.54) is 10.6 Å². The van der Waals surface area contributed by atoms with Crippen molar-refractivity contribution in [2.75, 3.05) is 31.3 Å². The van der Waals surface area contributed by atoms with Crippen LogP contribution in [0.1, 0.15) is 0 Å². The molecule has 1 aliphatic heterocycles. The number of aromatic nitrogens is 3. The van der Waals surface area contributed by atoms with Gasteiger partial charge in [0.2, 0.25) is 10.0 Å². The van der Waals surface area contributed by atoms with Gasteiger partial charge < -0.3 is 9.47 Å². The van der Waals surface area contributed by atoms with E-state index in [2.05, 4.69) is 4.98 Å². The maximum atomic E-state index is 11.7. The summed E-state index contributed by atoms with van der Waals surface area (Å²) >= 11 is 6.41. The summed E-state index contributed by atoms with van der Waals surface area (Å²) in [6.07, 6.45) is 2.85. The van der Waals surface area contributed by atoms with E-state index in [0.717, 1.165) is 28.2 Å². The number of rotatable bonds is 4. The predicted molar refractivity (Wildman–Crippen MR) is 108 cm³/mol. The summed E-state index contributed by atoms with van der Waals surface area (Å²) < 4.78 is 26.8. The summed E-state index contributed by atoms with van der Waals surface area (Å²) in [4.78, 5) is 11.2. The average Bonchev–Trinajstić information content (AvgIpc) is 2.91. The Morgan fingerprint density at radius 1 is 1.26 bits per heavy atom. The number of hydrogen-bond acceptors (Lipinski definition) is 5. The van der Waals surface area contributed by atoms with Crippen LogP contribution >= 0.6 is 11.6 Å². The molecule has 0 aliphatic carbocycles. The van der Waals surface area contributed by atoms with E-state index in [1.807, 2.05) is 46.8 Å². The van der Waals surface area contributed by atoms with Gasteiger partial charge >= 0.3 is 0 Å². The summed E-state index contributed by atoms with van der Waals surface area (Å²) in [6, 6.07) is 9.79. The second-order valence-electron chi connectivity index (χ2n) is 6.84. The molecule has 0 radical (unpaired) electrons. The molecule has 9 heteroatoms. The molecule has 1 aromatic carbocycles. The largest absolute Gasteiger partial charge is 0.353 e. The van der Waals surface area contributed by atoms with Gasteiger partial charge in [-0.15, -0.1) is 0 Å². The van der Waals surface area contributed by atoms with Gasteiger partial charge in [-0.25, -0.2) is 18.4 Å². The molecular weight excluding hydrogens is 386 g/mol. The van der Waals surface area contributed by atoms with Gasteiger partial charge in [0, 0.05) is 38.9 Å². The van der Waals surface area contributed by atoms with Crippen LogP contribution in [0, 0.1) is 0 Å². The van der Waals surface area contributed by atoms with Gasteiger partial charge in [-0.3, -0.25) is 0 Å². The molecule has 3 aromatic rings. The first-order valence-corrected chi connectivity index (χ1v) is 10.7. The first kappa shape index (κ1) is 18.2. The maximum Gasteiger partial charge on any atom is 0.211 e. The molecule has 0 unspecified atom stereocenters. The Morgan fingerprint density at radius 2 is 1.96 bits per heavy atom. The minimum atomic E-state index is -3.20. The number of hydrogen-bond donors (Lipinski definition) is 0. The molecule has 0 bridgehead atoms. The molecule has 0 saturated carbocycles. The van der Waals surface area contributed by atoms with Crippen molar-refractivity contribution in [3.8, 4) is 11.4 Å². The number of halogens is 1. The standard InChI is InChI=1S/C18H20ClN5O2S/c1-22-16-7-5-4-6-15(16)21-18(22)13-8-17(20-9-14(13)19)24-10-12(11-24)23(2)27(3,25)26/h4-9,12H,10-11H2,1-3H3. The van der Waals surface area contributed by atoms with Crippen LogP contribution in [0.25, 0.3) is 22.4 Å². The van der Waals surface area contributed by atoms with E-state index in [1.54, 1.807) is 13.2 Å². The van der Waals surface area contributed by atoms with Crippen molar-refractivity contribution in [3.05, 3.63) is 41.6 Å². The number of fused-ring (bicyclic) bond motifs is 1. The van der Waals surface area contributed by atoms with Crippen molar-refractivity contribution >= 4 is 38.5 Å². The van der Waals surface area contributed by atoms with Crippen LogP contribution < -0.4 is 4.90 Å². The molecule has 0 amide bonds. The van der Waals surface area contributed by atoms with E-state index in [0.29, 0.717) is 18.1 Å². The molecule has 0 atom stereocenters. The van der Waals surface area contributed by atoms with Crippen molar-refractivity contribution < 1.29 is 8.42 Å². The minimum absolute atomic E-state index is 0.0447. The molecule has 1 fully saturated rings. The zero-order chi connectivity index (χ0) is 19.3. The Kier molecular flexibility index (Phi) is 4.37. The monoisotopic (exact) mass is 405 g/mol. The number of aryl methyl sites for hydroxylation is 1. The topological polar surface area (TPSA) is 71.3 Å². The van der Waals surface area contributed by atoms with Crippen LogP contribution in [0.4, 0.5) is 5.82 Å². The molecule has 27 heavy (non-hydrogen) atoms. The van der Waals surface area contributed by atoms with Crippen molar-refractivity contribution in [1.82, 2.24) is 18.8 Å². The van der Waals surface area contributed by atoms with Crippen LogP contribution in [0.15, 0.2) is 36.5 Å². The van der Waals surface area contributed by atoms with Gasteiger partial charge in [0.05, 0.1) is 28.4 Å². The zero-order valence-electron chi connectivity index (χ0n) is 15.3. The van der Waals surface area contributed by atoms with E-state index in [9.17, 15) is 8.42 Å². The zero-order valence-corrected chi connectivity index (χ0v) is 16.9. The first-order valence-electron chi connectivity index (χ1n) is 8.51. The lowest BCUT2D eigenvalue weighted by Crippen LogP contribution is -2.59. The molecule has 0 N–H and O–H groups in total. The fourth-order valence-electron chi connectivity index (χ4n) is 3.30. The third-order valence-electron chi connectivity index (χ3n) is 5.09. The Labute approximate surface area is 163 Å². The molecule has 7 nitrogen and oxygen atoms in total. The molecule has 1 aliphatic rings. The van der Waals surface area contributed by atoms with Gasteiger partial charge in [0.1, 0.15) is 11.6 Å². The lowest BCUT2D eigenvalue weighted by molar-refractivity contribution is 0.311. The molecule has 3 heterocycles. The van der Waals surface area contributed by atoms with Crippen LogP contribution in [-0.2, 0) is 17.1 Å².